The molecule has 0 aliphatic heterocycles. The molecule has 0 bridgehead atoms. The SMILES string of the molecule is CCCCC/C=C\C/C=C\C/C=C\CCCCCCCCC(=O)OCC(COCCCCCCCCCCCCCC)OC(=O)CCCCCCCCC. The van der Waals surface area contributed by atoms with Gasteiger partial charge in [-0.1, -0.05) is 205 Å². The number of rotatable bonds is 43. The van der Waals surface area contributed by atoms with Gasteiger partial charge in [-0.05, 0) is 57.8 Å². The Kier molecular flexibility index (Phi) is 43.9. The number of carbonyl (C=O) groups is 2. The highest BCUT2D eigenvalue weighted by atomic mass is 16.6. The lowest BCUT2D eigenvalue weighted by molar-refractivity contribution is -0.163. The standard InChI is InChI=1S/C49H90O5/c1-4-7-10-13-16-18-20-22-23-24-25-26-27-28-29-31-34-36-39-42-48(50)53-46-47(54-49(51)43-40-37-33-15-12-9-6-3)45-52-44-41-38-35-32-30-21-19-17-14-11-8-5-2/h16,18,22-23,25-26,47H,4-15,17,19-21,24,27-46H2,1-3H3/b18-16-,23-22-,26-25-. The van der Waals surface area contributed by atoms with E-state index in [9.17, 15) is 9.59 Å². The molecule has 5 nitrogen and oxygen atoms in total. The van der Waals surface area contributed by atoms with Gasteiger partial charge in [0.05, 0.1) is 6.61 Å². The molecule has 0 radical (unpaired) electrons. The van der Waals surface area contributed by atoms with Crippen LogP contribution in [0.15, 0.2) is 36.5 Å². The third-order valence-electron chi connectivity index (χ3n) is 10.2. The fourth-order valence-electron chi connectivity index (χ4n) is 6.63. The number of hydrogen-bond donors (Lipinski definition) is 0. The van der Waals surface area contributed by atoms with Crippen LogP contribution in [0, 0.1) is 0 Å². The van der Waals surface area contributed by atoms with E-state index in [4.69, 9.17) is 14.2 Å². The Morgan fingerprint density at radius 2 is 0.778 bits per heavy atom. The summed E-state index contributed by atoms with van der Waals surface area (Å²) >= 11 is 0. The number of ether oxygens (including phenoxy) is 3. The first kappa shape index (κ1) is 52.1. The quantitative estimate of drug-likeness (QED) is 0.0352. The Labute approximate surface area is 336 Å². The molecule has 316 valence electrons. The maximum atomic E-state index is 12.6. The van der Waals surface area contributed by atoms with Crippen molar-refractivity contribution in [2.24, 2.45) is 0 Å². The molecule has 0 aromatic carbocycles. The van der Waals surface area contributed by atoms with Crippen molar-refractivity contribution >= 4 is 11.9 Å². The first-order chi connectivity index (χ1) is 26.6. The highest BCUT2D eigenvalue weighted by molar-refractivity contribution is 5.70. The number of unbranched alkanes of at least 4 members (excludes halogenated alkanes) is 26. The minimum atomic E-state index is -0.532. The van der Waals surface area contributed by atoms with Crippen molar-refractivity contribution in [3.63, 3.8) is 0 Å². The van der Waals surface area contributed by atoms with E-state index in [2.05, 4.69) is 57.2 Å². The van der Waals surface area contributed by atoms with Gasteiger partial charge in [-0.2, -0.15) is 0 Å². The summed E-state index contributed by atoms with van der Waals surface area (Å²) < 4.78 is 17.3. The molecule has 0 rings (SSSR count). The van der Waals surface area contributed by atoms with Crippen LogP contribution in [0.4, 0.5) is 0 Å². The van der Waals surface area contributed by atoms with Gasteiger partial charge in [0.1, 0.15) is 6.61 Å². The second-order valence-corrected chi connectivity index (χ2v) is 15.7. The Hall–Kier alpha value is -1.88. The molecule has 0 aromatic heterocycles. The fraction of sp³-hybridized carbons (Fsp3) is 0.837. The van der Waals surface area contributed by atoms with Gasteiger partial charge in [0.2, 0.25) is 0 Å². The molecule has 0 spiro atoms. The second-order valence-electron chi connectivity index (χ2n) is 15.7. The first-order valence-electron chi connectivity index (χ1n) is 23.5. The van der Waals surface area contributed by atoms with Crippen LogP contribution in [0.1, 0.15) is 239 Å². The monoisotopic (exact) mass is 759 g/mol. The third-order valence-corrected chi connectivity index (χ3v) is 10.2. The molecule has 0 amide bonds. The van der Waals surface area contributed by atoms with Crippen molar-refractivity contribution in [1.82, 2.24) is 0 Å². The minimum absolute atomic E-state index is 0.0829. The number of carbonyl (C=O) groups excluding carboxylic acids is 2. The summed E-state index contributed by atoms with van der Waals surface area (Å²) in [5.41, 5.74) is 0. The van der Waals surface area contributed by atoms with Crippen molar-refractivity contribution in [3.05, 3.63) is 36.5 Å². The predicted molar refractivity (Wildman–Crippen MR) is 233 cm³/mol. The van der Waals surface area contributed by atoms with Gasteiger partial charge in [-0.25, -0.2) is 0 Å². The van der Waals surface area contributed by atoms with Crippen molar-refractivity contribution in [3.8, 4) is 0 Å². The lowest BCUT2D eigenvalue weighted by Crippen LogP contribution is -2.30. The second kappa shape index (κ2) is 45.5. The highest BCUT2D eigenvalue weighted by Crippen LogP contribution is 2.14. The maximum Gasteiger partial charge on any atom is 0.306 e. The molecular formula is C49H90O5. The number of hydrogen-bond acceptors (Lipinski definition) is 5. The topological polar surface area (TPSA) is 61.8 Å². The van der Waals surface area contributed by atoms with Crippen molar-refractivity contribution in [1.29, 1.82) is 0 Å². The Morgan fingerprint density at radius 3 is 1.28 bits per heavy atom. The summed E-state index contributed by atoms with van der Waals surface area (Å²) in [5, 5.41) is 0. The van der Waals surface area contributed by atoms with Crippen LogP contribution in [-0.2, 0) is 23.8 Å². The molecule has 0 aliphatic rings. The molecule has 0 saturated carbocycles. The summed E-state index contributed by atoms with van der Waals surface area (Å²) in [6.45, 7) is 7.77. The molecule has 1 atom stereocenters. The Balaban J connectivity index is 4.12. The molecular weight excluding hydrogens is 669 g/mol. The molecule has 0 aliphatic carbocycles. The molecule has 1 unspecified atom stereocenters. The van der Waals surface area contributed by atoms with Crippen molar-refractivity contribution < 1.29 is 23.8 Å². The van der Waals surface area contributed by atoms with Gasteiger partial charge in [0.25, 0.3) is 0 Å². The van der Waals surface area contributed by atoms with Crippen LogP contribution in [0.5, 0.6) is 0 Å². The normalized spacial score (nSPS) is 12.4. The van der Waals surface area contributed by atoms with Crippen LogP contribution in [0.25, 0.3) is 0 Å². The van der Waals surface area contributed by atoms with E-state index < -0.39 is 6.10 Å². The summed E-state index contributed by atoms with van der Waals surface area (Å²) in [7, 11) is 0. The van der Waals surface area contributed by atoms with E-state index in [-0.39, 0.29) is 25.2 Å². The first-order valence-corrected chi connectivity index (χ1v) is 23.5. The molecule has 5 heteroatoms. The Morgan fingerprint density at radius 1 is 0.407 bits per heavy atom. The van der Waals surface area contributed by atoms with Gasteiger partial charge in [-0.15, -0.1) is 0 Å². The fourth-order valence-corrected chi connectivity index (χ4v) is 6.63. The summed E-state index contributed by atoms with van der Waals surface area (Å²) in [4.78, 5) is 25.1. The lowest BCUT2D eigenvalue weighted by atomic mass is 10.1. The van der Waals surface area contributed by atoms with Gasteiger partial charge in [0, 0.05) is 19.4 Å². The minimum Gasteiger partial charge on any atom is -0.462 e. The molecule has 0 heterocycles. The van der Waals surface area contributed by atoms with Crippen LogP contribution in [0.3, 0.4) is 0 Å². The van der Waals surface area contributed by atoms with Crippen molar-refractivity contribution in [2.75, 3.05) is 19.8 Å². The summed E-state index contributed by atoms with van der Waals surface area (Å²) in [5.74, 6) is -0.409. The van der Waals surface area contributed by atoms with E-state index in [0.717, 1.165) is 57.8 Å². The van der Waals surface area contributed by atoms with Crippen LogP contribution in [0.2, 0.25) is 0 Å². The number of esters is 2. The van der Waals surface area contributed by atoms with Crippen LogP contribution in [-0.4, -0.2) is 37.9 Å². The largest absolute Gasteiger partial charge is 0.462 e. The average molecular weight is 759 g/mol. The van der Waals surface area contributed by atoms with E-state index in [1.165, 1.54) is 148 Å². The highest BCUT2D eigenvalue weighted by Gasteiger charge is 2.17. The van der Waals surface area contributed by atoms with Crippen molar-refractivity contribution in [2.45, 2.75) is 245 Å². The zero-order chi connectivity index (χ0) is 39.3. The number of allylic oxidation sites excluding steroid dienone is 6. The average Bonchev–Trinajstić information content (AvgIpc) is 3.17. The van der Waals surface area contributed by atoms with Gasteiger partial charge in [-0.3, -0.25) is 9.59 Å². The molecule has 54 heavy (non-hydrogen) atoms. The predicted octanol–water partition coefficient (Wildman–Crippen LogP) is 15.4. The summed E-state index contributed by atoms with van der Waals surface area (Å²) in [6, 6.07) is 0. The van der Waals surface area contributed by atoms with Gasteiger partial charge in [0.15, 0.2) is 6.10 Å². The molecule has 0 fully saturated rings. The Bertz CT molecular complexity index is 862. The van der Waals surface area contributed by atoms with Crippen LogP contribution >= 0.6 is 0 Å². The van der Waals surface area contributed by atoms with E-state index in [1.807, 2.05) is 0 Å². The van der Waals surface area contributed by atoms with Gasteiger partial charge < -0.3 is 14.2 Å². The molecule has 0 aromatic rings. The zero-order valence-corrected chi connectivity index (χ0v) is 36.2. The summed E-state index contributed by atoms with van der Waals surface area (Å²) in [6.07, 6.45) is 52.9. The van der Waals surface area contributed by atoms with Gasteiger partial charge >= 0.3 is 11.9 Å². The zero-order valence-electron chi connectivity index (χ0n) is 36.2. The third kappa shape index (κ3) is 42.9. The maximum absolute atomic E-state index is 12.6. The van der Waals surface area contributed by atoms with E-state index in [0.29, 0.717) is 19.4 Å². The molecule has 0 N–H and O–H groups in total. The molecule has 0 saturated heterocycles. The van der Waals surface area contributed by atoms with E-state index >= 15 is 0 Å². The van der Waals surface area contributed by atoms with Crippen LogP contribution < -0.4 is 0 Å². The smallest absolute Gasteiger partial charge is 0.306 e. The lowest BCUT2D eigenvalue weighted by Gasteiger charge is -2.18. The van der Waals surface area contributed by atoms with E-state index in [1.54, 1.807) is 0 Å².